The Morgan fingerprint density at radius 2 is 1.95 bits per heavy atom. The molecule has 3 aliphatic carbocycles. The molecule has 5 heteroatoms. The number of halogens is 1. The zero-order valence-corrected chi connectivity index (χ0v) is 12.5. The van der Waals surface area contributed by atoms with Crippen LogP contribution in [0.15, 0.2) is 0 Å². The number of fused-ring (bicyclic) bond motifs is 4. The smallest absolute Gasteiger partial charge is 0.168 e. The second-order valence-corrected chi connectivity index (χ2v) is 8.16. The SMILES string of the molecule is CC1(C)O[C@H]2[C@@H]3O[C@@H]4[C@@H](Br)[C@H]5C[C@@H]4[C@@H]3C5C(=O)[C@H]2O1. The van der Waals surface area contributed by atoms with Gasteiger partial charge in [0.25, 0.3) is 0 Å². The Labute approximate surface area is 120 Å². The lowest BCUT2D eigenvalue weighted by Crippen LogP contribution is -2.54. The van der Waals surface area contributed by atoms with Gasteiger partial charge in [-0.2, -0.15) is 0 Å². The molecule has 0 spiro atoms. The fraction of sp³-hybridized carbons (Fsp3) is 0.929. The molecule has 0 radical (unpaired) electrons. The van der Waals surface area contributed by atoms with Crippen LogP contribution in [0, 0.1) is 23.7 Å². The first-order valence-corrected chi connectivity index (χ1v) is 8.08. The normalized spacial score (nSPS) is 63.7. The number of ether oxygens (including phenoxy) is 3. The van der Waals surface area contributed by atoms with Gasteiger partial charge in [0.2, 0.25) is 0 Å². The Morgan fingerprint density at radius 1 is 1.16 bits per heavy atom. The summed E-state index contributed by atoms with van der Waals surface area (Å²) < 4.78 is 18.1. The summed E-state index contributed by atoms with van der Waals surface area (Å²) >= 11 is 3.76. The van der Waals surface area contributed by atoms with E-state index in [4.69, 9.17) is 14.2 Å². The number of carbonyl (C=O) groups excluding carboxylic acids is 1. The maximum atomic E-state index is 12.8. The Hall–Kier alpha value is 0.0300. The van der Waals surface area contributed by atoms with Crippen molar-refractivity contribution in [2.24, 2.45) is 23.7 Å². The highest BCUT2D eigenvalue weighted by molar-refractivity contribution is 9.09. The number of rotatable bonds is 0. The summed E-state index contributed by atoms with van der Waals surface area (Å²) in [4.78, 5) is 13.1. The molecule has 0 aromatic carbocycles. The highest BCUT2D eigenvalue weighted by atomic mass is 79.9. The van der Waals surface area contributed by atoms with Crippen molar-refractivity contribution in [1.29, 1.82) is 0 Å². The van der Waals surface area contributed by atoms with E-state index in [0.717, 1.165) is 6.42 Å². The van der Waals surface area contributed by atoms with Crippen molar-refractivity contribution < 1.29 is 19.0 Å². The largest absolute Gasteiger partial charge is 0.370 e. The third kappa shape index (κ3) is 1.20. The summed E-state index contributed by atoms with van der Waals surface area (Å²) in [6, 6.07) is 0. The molecule has 0 amide bonds. The van der Waals surface area contributed by atoms with Gasteiger partial charge in [0, 0.05) is 16.7 Å². The third-order valence-corrected chi connectivity index (χ3v) is 7.02. The second kappa shape index (κ2) is 3.26. The molecule has 0 aromatic rings. The third-order valence-electron chi connectivity index (χ3n) is 5.81. The Kier molecular flexibility index (Phi) is 2.00. The lowest BCUT2D eigenvalue weighted by atomic mass is 9.68. The van der Waals surface area contributed by atoms with Crippen molar-refractivity contribution in [3.05, 3.63) is 0 Å². The molecule has 5 rings (SSSR count). The molecule has 3 saturated carbocycles. The first-order valence-electron chi connectivity index (χ1n) is 7.17. The number of Topliss-reactive ketones (excluding diaryl/α,β-unsaturated/α-hetero) is 1. The molecule has 0 aromatic heterocycles. The maximum Gasteiger partial charge on any atom is 0.168 e. The zero-order chi connectivity index (χ0) is 13.1. The Balaban J connectivity index is 1.61. The summed E-state index contributed by atoms with van der Waals surface area (Å²) in [5.41, 5.74) is 0. The molecule has 2 bridgehead atoms. The van der Waals surface area contributed by atoms with Gasteiger partial charge < -0.3 is 14.2 Å². The van der Waals surface area contributed by atoms with E-state index in [1.807, 2.05) is 13.8 Å². The van der Waals surface area contributed by atoms with Crippen molar-refractivity contribution >= 4 is 21.7 Å². The van der Waals surface area contributed by atoms with Crippen LogP contribution in [0.1, 0.15) is 20.3 Å². The van der Waals surface area contributed by atoms with Crippen molar-refractivity contribution in [2.75, 3.05) is 0 Å². The fourth-order valence-corrected chi connectivity index (χ4v) is 6.42. The number of carbonyl (C=O) groups is 1. The summed E-state index contributed by atoms with van der Waals surface area (Å²) in [5, 5.41) is 0. The molecular weight excluding hydrogens is 312 g/mol. The van der Waals surface area contributed by atoms with Gasteiger partial charge in [-0.3, -0.25) is 4.79 Å². The molecular formula is C14H17BrO4. The van der Waals surface area contributed by atoms with Crippen molar-refractivity contribution in [2.45, 2.75) is 55.3 Å². The number of alkyl halides is 1. The van der Waals surface area contributed by atoms with Crippen LogP contribution < -0.4 is 0 Å². The molecule has 2 saturated heterocycles. The molecule has 4 nitrogen and oxygen atoms in total. The second-order valence-electron chi connectivity index (χ2n) is 7.10. The van der Waals surface area contributed by atoms with Crippen LogP contribution >= 0.6 is 15.9 Å². The summed E-state index contributed by atoms with van der Waals surface area (Å²) in [6.07, 6.45) is 0.833. The molecule has 1 unspecified atom stereocenters. The van der Waals surface area contributed by atoms with Gasteiger partial charge in [0.15, 0.2) is 11.6 Å². The van der Waals surface area contributed by atoms with Gasteiger partial charge >= 0.3 is 0 Å². The molecule has 104 valence electrons. The van der Waals surface area contributed by atoms with Crippen molar-refractivity contribution in [3.8, 4) is 0 Å². The lowest BCUT2D eigenvalue weighted by Gasteiger charge is -2.38. The van der Waals surface area contributed by atoms with E-state index in [1.165, 1.54) is 0 Å². The standard InChI is InChI=1S/C14H17BrO4/c1-14(2)18-12-9(16)6-4-3-5-7(6)11(13(12)19-14)17-10(5)8(4)15/h4-8,10-13H,3H2,1-2H3/t4-,5+,6?,7+,8-,10-,11+,12+,13-/m0/s1. The molecule has 19 heavy (non-hydrogen) atoms. The predicted octanol–water partition coefficient (Wildman–Crippen LogP) is 1.50. The van der Waals surface area contributed by atoms with E-state index in [0.29, 0.717) is 22.6 Å². The van der Waals surface area contributed by atoms with Gasteiger partial charge in [0.05, 0.1) is 12.2 Å². The van der Waals surface area contributed by atoms with Gasteiger partial charge in [-0.1, -0.05) is 15.9 Å². The van der Waals surface area contributed by atoms with Crippen LogP contribution in [-0.4, -0.2) is 40.8 Å². The van der Waals surface area contributed by atoms with E-state index in [2.05, 4.69) is 15.9 Å². The van der Waals surface area contributed by atoms with Gasteiger partial charge in [-0.15, -0.1) is 0 Å². The van der Waals surface area contributed by atoms with Gasteiger partial charge in [-0.25, -0.2) is 0 Å². The highest BCUT2D eigenvalue weighted by Gasteiger charge is 2.73. The first-order chi connectivity index (χ1) is 8.98. The van der Waals surface area contributed by atoms with E-state index in [9.17, 15) is 4.79 Å². The van der Waals surface area contributed by atoms with E-state index in [1.54, 1.807) is 0 Å². The topological polar surface area (TPSA) is 44.8 Å². The molecule has 9 atom stereocenters. The average molecular weight is 329 g/mol. The van der Waals surface area contributed by atoms with Crippen LogP contribution in [0.3, 0.4) is 0 Å². The van der Waals surface area contributed by atoms with Crippen LogP contribution in [0.5, 0.6) is 0 Å². The van der Waals surface area contributed by atoms with Gasteiger partial charge in [-0.05, 0) is 32.1 Å². The molecule has 2 aliphatic heterocycles. The summed E-state index contributed by atoms with van der Waals surface area (Å²) in [7, 11) is 0. The molecule has 5 aliphatic rings. The minimum Gasteiger partial charge on any atom is -0.370 e. The summed E-state index contributed by atoms with van der Waals surface area (Å²) in [5.74, 6) is 1.07. The lowest BCUT2D eigenvalue weighted by molar-refractivity contribution is -0.159. The minimum atomic E-state index is -0.664. The molecule has 0 N–H and O–H groups in total. The van der Waals surface area contributed by atoms with E-state index >= 15 is 0 Å². The zero-order valence-electron chi connectivity index (χ0n) is 10.9. The highest BCUT2D eigenvalue weighted by Crippen LogP contribution is 2.65. The van der Waals surface area contributed by atoms with E-state index < -0.39 is 11.9 Å². The van der Waals surface area contributed by atoms with Crippen LogP contribution in [-0.2, 0) is 19.0 Å². The van der Waals surface area contributed by atoms with Crippen LogP contribution in [0.4, 0.5) is 0 Å². The average Bonchev–Trinajstić information content (AvgIpc) is 2.98. The Morgan fingerprint density at radius 3 is 2.74 bits per heavy atom. The number of hydrogen-bond donors (Lipinski definition) is 0. The van der Waals surface area contributed by atoms with Crippen LogP contribution in [0.25, 0.3) is 0 Å². The first kappa shape index (κ1) is 11.7. The quantitative estimate of drug-likeness (QED) is 0.632. The minimum absolute atomic E-state index is 0.0528. The van der Waals surface area contributed by atoms with Crippen molar-refractivity contribution in [3.63, 3.8) is 0 Å². The number of ketones is 1. The molecule has 5 fully saturated rings. The van der Waals surface area contributed by atoms with Crippen LogP contribution in [0.2, 0.25) is 0 Å². The monoisotopic (exact) mass is 328 g/mol. The summed E-state index contributed by atoms with van der Waals surface area (Å²) in [6.45, 7) is 3.77. The number of hydrogen-bond acceptors (Lipinski definition) is 4. The molecule has 2 heterocycles. The van der Waals surface area contributed by atoms with Crippen molar-refractivity contribution in [1.82, 2.24) is 0 Å². The van der Waals surface area contributed by atoms with E-state index in [-0.39, 0.29) is 30.0 Å². The predicted molar refractivity (Wildman–Crippen MR) is 68.8 cm³/mol. The fourth-order valence-electron chi connectivity index (χ4n) is 5.36. The van der Waals surface area contributed by atoms with Gasteiger partial charge in [0.1, 0.15) is 12.2 Å². The maximum absolute atomic E-state index is 12.8. The Bertz CT molecular complexity index is 478.